The van der Waals surface area contributed by atoms with Gasteiger partial charge in [-0.3, -0.25) is 9.79 Å². The molecule has 1 aromatic carbocycles. The summed E-state index contributed by atoms with van der Waals surface area (Å²) in [5.74, 6) is 0.277. The van der Waals surface area contributed by atoms with Crippen molar-refractivity contribution in [1.29, 1.82) is 0 Å². The van der Waals surface area contributed by atoms with Gasteiger partial charge in [0.1, 0.15) is 18.0 Å². The molecule has 0 bridgehead atoms. The Bertz CT molecular complexity index is 870. The SMILES string of the molecule is COc1cc(N2CCN(C(=O)CN=C(C)C(Cl)=C(N)C(F)(F)I)CC2)c(Cl)cc1Cl. The maximum atomic E-state index is 13.3. The Kier molecular flexibility index (Phi) is 8.84. The van der Waals surface area contributed by atoms with Gasteiger partial charge in [0.25, 0.3) is 0 Å². The van der Waals surface area contributed by atoms with E-state index in [1.165, 1.54) is 14.0 Å². The molecule has 1 fully saturated rings. The predicted octanol–water partition coefficient (Wildman–Crippen LogP) is 4.55. The number of carbonyl (C=O) groups is 1. The Morgan fingerprint density at radius 2 is 1.87 bits per heavy atom. The first-order valence-corrected chi connectivity index (χ1v) is 11.0. The molecule has 1 heterocycles. The molecule has 166 valence electrons. The van der Waals surface area contributed by atoms with Crippen LogP contribution in [0.3, 0.4) is 0 Å². The van der Waals surface area contributed by atoms with Gasteiger partial charge in [-0.2, -0.15) is 8.78 Å². The molecular formula is C18H20Cl3F2IN4O2. The van der Waals surface area contributed by atoms with E-state index in [0.717, 1.165) is 28.3 Å². The molecule has 6 nitrogen and oxygen atoms in total. The van der Waals surface area contributed by atoms with Crippen LogP contribution in [0.2, 0.25) is 10.0 Å². The summed E-state index contributed by atoms with van der Waals surface area (Å²) >= 11 is 19.1. The summed E-state index contributed by atoms with van der Waals surface area (Å²) in [5, 5.41) is 0.562. The molecule has 0 atom stereocenters. The number of alkyl halides is 3. The number of hydrogen-bond acceptors (Lipinski definition) is 5. The molecule has 1 amide bonds. The fourth-order valence-corrected chi connectivity index (χ4v) is 3.98. The zero-order valence-corrected chi connectivity index (χ0v) is 20.6. The summed E-state index contributed by atoms with van der Waals surface area (Å²) in [5.41, 5.74) is 5.40. The molecule has 0 spiro atoms. The van der Waals surface area contributed by atoms with Crippen LogP contribution in [0, 0.1) is 0 Å². The van der Waals surface area contributed by atoms with E-state index in [4.69, 9.17) is 45.3 Å². The monoisotopic (exact) mass is 594 g/mol. The molecule has 1 aromatic rings. The van der Waals surface area contributed by atoms with Crippen LogP contribution in [0.4, 0.5) is 14.5 Å². The molecule has 0 unspecified atom stereocenters. The third-order valence-corrected chi connectivity index (χ3v) is 6.16. The maximum absolute atomic E-state index is 13.3. The first kappa shape index (κ1) is 25.2. The van der Waals surface area contributed by atoms with Crippen LogP contribution in [0.25, 0.3) is 0 Å². The van der Waals surface area contributed by atoms with E-state index >= 15 is 0 Å². The number of piperazine rings is 1. The number of allylic oxidation sites excluding steroid dienone is 2. The molecule has 1 saturated heterocycles. The number of amides is 1. The average Bonchev–Trinajstić information content (AvgIpc) is 2.70. The van der Waals surface area contributed by atoms with Gasteiger partial charge in [-0.1, -0.05) is 34.8 Å². The minimum Gasteiger partial charge on any atom is -0.495 e. The molecule has 1 aliphatic heterocycles. The van der Waals surface area contributed by atoms with Gasteiger partial charge in [0.2, 0.25) is 5.91 Å². The number of nitrogens with two attached hydrogens (primary N) is 1. The van der Waals surface area contributed by atoms with Gasteiger partial charge in [-0.05, 0) is 13.0 Å². The summed E-state index contributed by atoms with van der Waals surface area (Å²) < 4.78 is 28.4. The van der Waals surface area contributed by atoms with Crippen molar-refractivity contribution in [3.63, 3.8) is 0 Å². The largest absolute Gasteiger partial charge is 0.495 e. The number of rotatable bonds is 6. The molecule has 2 rings (SSSR count). The highest BCUT2D eigenvalue weighted by atomic mass is 127. The van der Waals surface area contributed by atoms with Gasteiger partial charge in [-0.25, -0.2) is 0 Å². The van der Waals surface area contributed by atoms with E-state index in [1.54, 1.807) is 17.0 Å². The molecule has 0 aromatic heterocycles. The van der Waals surface area contributed by atoms with Crippen molar-refractivity contribution in [2.75, 3.05) is 44.7 Å². The summed E-state index contributed by atoms with van der Waals surface area (Å²) in [6.07, 6.45) is 0. The Balaban J connectivity index is 2.00. The lowest BCUT2D eigenvalue weighted by molar-refractivity contribution is -0.129. The third-order valence-electron chi connectivity index (χ3n) is 4.51. The number of hydrogen-bond donors (Lipinski definition) is 1. The first-order valence-electron chi connectivity index (χ1n) is 8.75. The number of anilines is 1. The lowest BCUT2D eigenvalue weighted by Crippen LogP contribution is -2.49. The Morgan fingerprint density at radius 1 is 1.27 bits per heavy atom. The van der Waals surface area contributed by atoms with Gasteiger partial charge in [0, 0.05) is 54.8 Å². The third kappa shape index (κ3) is 6.24. The van der Waals surface area contributed by atoms with E-state index in [9.17, 15) is 13.6 Å². The lowest BCUT2D eigenvalue weighted by atomic mass is 10.2. The van der Waals surface area contributed by atoms with Crippen molar-refractivity contribution in [1.82, 2.24) is 4.90 Å². The van der Waals surface area contributed by atoms with Gasteiger partial charge in [0.15, 0.2) is 0 Å². The number of carbonyl (C=O) groups excluding carboxylic acids is 1. The van der Waals surface area contributed by atoms with Gasteiger partial charge < -0.3 is 20.3 Å². The second-order valence-electron chi connectivity index (χ2n) is 6.43. The Labute approximate surface area is 202 Å². The first-order chi connectivity index (χ1) is 14.0. The van der Waals surface area contributed by atoms with Gasteiger partial charge >= 0.3 is 3.93 Å². The normalized spacial score (nSPS) is 16.5. The average molecular weight is 596 g/mol. The number of benzene rings is 1. The topological polar surface area (TPSA) is 71.2 Å². The van der Waals surface area contributed by atoms with Gasteiger partial charge in [-0.15, -0.1) is 0 Å². The zero-order chi connectivity index (χ0) is 22.6. The quantitative estimate of drug-likeness (QED) is 0.298. The summed E-state index contributed by atoms with van der Waals surface area (Å²) in [4.78, 5) is 20.1. The molecule has 1 aliphatic rings. The van der Waals surface area contributed by atoms with Crippen molar-refractivity contribution in [2.45, 2.75) is 10.9 Å². The minimum atomic E-state index is -3.29. The highest BCUT2D eigenvalue weighted by Crippen LogP contribution is 2.36. The Hall–Kier alpha value is -1.04. The molecule has 0 aliphatic carbocycles. The van der Waals surface area contributed by atoms with Crippen LogP contribution >= 0.6 is 57.4 Å². The Morgan fingerprint density at radius 3 is 2.40 bits per heavy atom. The molecule has 12 heteroatoms. The van der Waals surface area contributed by atoms with E-state index < -0.39 is 9.63 Å². The predicted molar refractivity (Wildman–Crippen MR) is 126 cm³/mol. The smallest absolute Gasteiger partial charge is 0.336 e. The van der Waals surface area contributed by atoms with Crippen molar-refractivity contribution >= 4 is 74.7 Å². The van der Waals surface area contributed by atoms with E-state index in [0.29, 0.717) is 42.0 Å². The number of nitrogens with zero attached hydrogens (tertiary/aromatic N) is 3. The van der Waals surface area contributed by atoms with Crippen molar-refractivity contribution in [2.24, 2.45) is 10.7 Å². The van der Waals surface area contributed by atoms with Crippen molar-refractivity contribution in [3.05, 3.63) is 32.9 Å². The lowest BCUT2D eigenvalue weighted by Gasteiger charge is -2.36. The second-order valence-corrected chi connectivity index (χ2v) is 8.98. The van der Waals surface area contributed by atoms with Crippen LogP contribution < -0.4 is 15.4 Å². The van der Waals surface area contributed by atoms with E-state index in [-0.39, 0.29) is 23.2 Å². The number of ether oxygens (including phenoxy) is 1. The van der Waals surface area contributed by atoms with Crippen LogP contribution in [0.5, 0.6) is 5.75 Å². The number of aliphatic imine (C=N–C) groups is 1. The number of halogens is 6. The molecule has 0 radical (unpaired) electrons. The molecule has 0 saturated carbocycles. The molecular weight excluding hydrogens is 575 g/mol. The van der Waals surface area contributed by atoms with Crippen molar-refractivity contribution in [3.8, 4) is 5.75 Å². The molecule has 30 heavy (non-hydrogen) atoms. The zero-order valence-electron chi connectivity index (χ0n) is 16.2. The summed E-state index contributed by atoms with van der Waals surface area (Å²) in [6.45, 7) is 3.22. The van der Waals surface area contributed by atoms with Gasteiger partial charge in [0.05, 0.1) is 33.6 Å². The van der Waals surface area contributed by atoms with Crippen LogP contribution in [0.1, 0.15) is 6.92 Å². The highest BCUT2D eigenvalue weighted by Gasteiger charge is 2.31. The summed E-state index contributed by atoms with van der Waals surface area (Å²) in [7, 11) is 1.52. The van der Waals surface area contributed by atoms with Crippen LogP contribution in [0.15, 0.2) is 27.9 Å². The van der Waals surface area contributed by atoms with E-state index in [2.05, 4.69) is 4.99 Å². The number of methoxy groups -OCH3 is 1. The summed E-state index contributed by atoms with van der Waals surface area (Å²) in [6, 6.07) is 3.38. The fraction of sp³-hybridized carbons (Fsp3) is 0.444. The van der Waals surface area contributed by atoms with Crippen LogP contribution in [-0.2, 0) is 4.79 Å². The molecule has 2 N–H and O–H groups in total. The standard InChI is InChI=1S/C18H20Cl3F2IN4O2/c1-10(16(21)17(25)18(22,23)24)26-9-15(29)28-5-3-27(4-6-28)13-8-14(30-2)12(20)7-11(13)19/h7-8H,3-6,9,25H2,1-2H3. The minimum absolute atomic E-state index is 0.0811. The maximum Gasteiger partial charge on any atom is 0.336 e. The van der Waals surface area contributed by atoms with E-state index in [1.807, 2.05) is 4.90 Å². The fourth-order valence-electron chi connectivity index (χ4n) is 2.79. The highest BCUT2D eigenvalue weighted by molar-refractivity contribution is 14.1. The van der Waals surface area contributed by atoms with Crippen LogP contribution in [-0.4, -0.2) is 60.3 Å². The second kappa shape index (κ2) is 10.5. The van der Waals surface area contributed by atoms with Crippen molar-refractivity contribution < 1.29 is 18.3 Å².